The fourth-order valence-corrected chi connectivity index (χ4v) is 2.91. The molecule has 0 aromatic heterocycles. The van der Waals surface area contributed by atoms with Crippen LogP contribution in [-0.2, 0) is 4.79 Å². The van der Waals surface area contributed by atoms with Crippen molar-refractivity contribution in [3.05, 3.63) is 28.8 Å². The number of likely N-dealkylation sites (tertiary alicyclic amines) is 1. The Hall–Kier alpha value is -1.10. The molecule has 1 amide bonds. The van der Waals surface area contributed by atoms with Crippen molar-refractivity contribution in [2.75, 3.05) is 25.0 Å². The van der Waals surface area contributed by atoms with Crippen molar-refractivity contribution in [3.8, 4) is 0 Å². The molecule has 0 bridgehead atoms. The Kier molecular flexibility index (Phi) is 5.40. The second-order valence-corrected chi connectivity index (χ2v) is 5.79. The van der Waals surface area contributed by atoms with Crippen molar-refractivity contribution in [2.24, 2.45) is 5.73 Å². The zero-order valence-corrected chi connectivity index (χ0v) is 12.6. The van der Waals surface area contributed by atoms with Gasteiger partial charge < -0.3 is 11.1 Å². The first-order valence-corrected chi connectivity index (χ1v) is 7.48. The lowest BCUT2D eigenvalue weighted by atomic mass is 10.0. The molecule has 4 nitrogen and oxygen atoms in total. The SMILES string of the molecule is Cc1ccc(NC(=O)CN2CCCCC2CN)c(Cl)c1. The molecule has 1 saturated heterocycles. The molecule has 0 saturated carbocycles. The Morgan fingerprint density at radius 3 is 3.00 bits per heavy atom. The molecule has 0 radical (unpaired) electrons. The van der Waals surface area contributed by atoms with E-state index in [1.807, 2.05) is 25.1 Å². The molecule has 20 heavy (non-hydrogen) atoms. The summed E-state index contributed by atoms with van der Waals surface area (Å²) in [5.74, 6) is -0.0314. The minimum atomic E-state index is -0.0314. The van der Waals surface area contributed by atoms with Crippen molar-refractivity contribution in [3.63, 3.8) is 0 Å². The largest absolute Gasteiger partial charge is 0.329 e. The number of nitrogens with zero attached hydrogens (tertiary/aromatic N) is 1. The van der Waals surface area contributed by atoms with Crippen LogP contribution in [0.3, 0.4) is 0 Å². The van der Waals surface area contributed by atoms with E-state index < -0.39 is 0 Å². The van der Waals surface area contributed by atoms with Crippen LogP contribution < -0.4 is 11.1 Å². The fourth-order valence-electron chi connectivity index (χ4n) is 2.63. The van der Waals surface area contributed by atoms with Crippen molar-refractivity contribution in [1.82, 2.24) is 4.90 Å². The summed E-state index contributed by atoms with van der Waals surface area (Å²) < 4.78 is 0. The van der Waals surface area contributed by atoms with Gasteiger partial charge >= 0.3 is 0 Å². The highest BCUT2D eigenvalue weighted by Crippen LogP contribution is 2.23. The maximum atomic E-state index is 12.1. The molecule has 110 valence electrons. The van der Waals surface area contributed by atoms with Gasteiger partial charge in [0.15, 0.2) is 0 Å². The second kappa shape index (κ2) is 7.07. The molecule has 1 aliphatic rings. The number of hydrogen-bond donors (Lipinski definition) is 2. The lowest BCUT2D eigenvalue weighted by Crippen LogP contribution is -2.47. The topological polar surface area (TPSA) is 58.4 Å². The number of anilines is 1. The molecule has 1 aliphatic heterocycles. The van der Waals surface area contributed by atoms with Crippen LogP contribution in [-0.4, -0.2) is 36.5 Å². The quantitative estimate of drug-likeness (QED) is 0.897. The van der Waals surface area contributed by atoms with Crippen LogP contribution in [0.5, 0.6) is 0 Å². The van der Waals surface area contributed by atoms with Crippen molar-refractivity contribution < 1.29 is 4.79 Å². The number of hydrogen-bond acceptors (Lipinski definition) is 3. The van der Waals surface area contributed by atoms with Crippen LogP contribution in [0.1, 0.15) is 24.8 Å². The summed E-state index contributed by atoms with van der Waals surface area (Å²) in [4.78, 5) is 14.3. The summed E-state index contributed by atoms with van der Waals surface area (Å²) >= 11 is 6.12. The summed E-state index contributed by atoms with van der Waals surface area (Å²) in [6.07, 6.45) is 3.41. The number of benzene rings is 1. The summed E-state index contributed by atoms with van der Waals surface area (Å²) in [5, 5.41) is 3.45. The number of carbonyl (C=O) groups excluding carboxylic acids is 1. The monoisotopic (exact) mass is 295 g/mol. The predicted octanol–water partition coefficient (Wildman–Crippen LogP) is 2.40. The van der Waals surface area contributed by atoms with Crippen molar-refractivity contribution >= 4 is 23.2 Å². The van der Waals surface area contributed by atoms with Crippen molar-refractivity contribution in [1.29, 1.82) is 0 Å². The third kappa shape index (κ3) is 3.95. The van der Waals surface area contributed by atoms with Gasteiger partial charge in [0.05, 0.1) is 17.3 Å². The Morgan fingerprint density at radius 2 is 2.30 bits per heavy atom. The Bertz CT molecular complexity index is 478. The van der Waals surface area contributed by atoms with Gasteiger partial charge in [0.1, 0.15) is 0 Å². The maximum Gasteiger partial charge on any atom is 0.238 e. The normalized spacial score (nSPS) is 19.9. The van der Waals surface area contributed by atoms with Gasteiger partial charge in [-0.3, -0.25) is 9.69 Å². The van der Waals surface area contributed by atoms with E-state index in [1.165, 1.54) is 6.42 Å². The molecular formula is C15H22ClN3O. The van der Waals surface area contributed by atoms with Gasteiger partial charge in [0, 0.05) is 12.6 Å². The molecule has 1 aromatic carbocycles. The summed E-state index contributed by atoms with van der Waals surface area (Å²) in [5.41, 5.74) is 7.51. The standard InChI is InChI=1S/C15H22ClN3O/c1-11-5-6-14(13(16)8-11)18-15(20)10-19-7-3-2-4-12(19)9-17/h5-6,8,12H,2-4,7,9-10,17H2,1H3,(H,18,20). The Labute approximate surface area is 125 Å². The van der Waals surface area contributed by atoms with Gasteiger partial charge in [0.25, 0.3) is 0 Å². The number of carbonyl (C=O) groups is 1. The van der Waals surface area contributed by atoms with Gasteiger partial charge in [-0.2, -0.15) is 0 Å². The number of piperidine rings is 1. The zero-order chi connectivity index (χ0) is 14.5. The lowest BCUT2D eigenvalue weighted by molar-refractivity contribution is -0.118. The molecule has 1 fully saturated rings. The van der Waals surface area contributed by atoms with E-state index in [0.717, 1.165) is 24.9 Å². The third-order valence-corrected chi connectivity index (χ3v) is 4.08. The van der Waals surface area contributed by atoms with E-state index in [-0.39, 0.29) is 5.91 Å². The first kappa shape index (κ1) is 15.3. The van der Waals surface area contributed by atoms with Gasteiger partial charge in [-0.1, -0.05) is 24.1 Å². The van der Waals surface area contributed by atoms with Gasteiger partial charge in [-0.15, -0.1) is 0 Å². The highest BCUT2D eigenvalue weighted by Gasteiger charge is 2.23. The van der Waals surface area contributed by atoms with Crippen LogP contribution in [0.25, 0.3) is 0 Å². The van der Waals surface area contributed by atoms with Crippen LogP contribution in [0.2, 0.25) is 5.02 Å². The van der Waals surface area contributed by atoms with Gasteiger partial charge in [0.2, 0.25) is 5.91 Å². The molecule has 1 unspecified atom stereocenters. The molecule has 5 heteroatoms. The average molecular weight is 296 g/mol. The highest BCUT2D eigenvalue weighted by atomic mass is 35.5. The van der Waals surface area contributed by atoms with E-state index in [4.69, 9.17) is 17.3 Å². The third-order valence-electron chi connectivity index (χ3n) is 3.77. The van der Waals surface area contributed by atoms with Crippen molar-refractivity contribution in [2.45, 2.75) is 32.2 Å². The lowest BCUT2D eigenvalue weighted by Gasteiger charge is -2.34. The van der Waals surface area contributed by atoms with E-state index in [0.29, 0.717) is 29.8 Å². The number of aryl methyl sites for hydroxylation is 1. The van der Waals surface area contributed by atoms with E-state index >= 15 is 0 Å². The number of nitrogens with two attached hydrogens (primary N) is 1. The van der Waals surface area contributed by atoms with Crippen LogP contribution in [0, 0.1) is 6.92 Å². The molecule has 0 spiro atoms. The van der Waals surface area contributed by atoms with E-state index in [2.05, 4.69) is 10.2 Å². The molecule has 0 aliphatic carbocycles. The maximum absolute atomic E-state index is 12.1. The van der Waals surface area contributed by atoms with E-state index in [9.17, 15) is 4.79 Å². The highest BCUT2D eigenvalue weighted by molar-refractivity contribution is 6.33. The van der Waals surface area contributed by atoms with Crippen LogP contribution in [0.4, 0.5) is 5.69 Å². The summed E-state index contributed by atoms with van der Waals surface area (Å²) in [7, 11) is 0. The summed E-state index contributed by atoms with van der Waals surface area (Å²) in [6.45, 7) is 3.90. The second-order valence-electron chi connectivity index (χ2n) is 5.39. The van der Waals surface area contributed by atoms with E-state index in [1.54, 1.807) is 0 Å². The summed E-state index contributed by atoms with van der Waals surface area (Å²) in [6, 6.07) is 5.95. The van der Waals surface area contributed by atoms with Crippen LogP contribution >= 0.6 is 11.6 Å². The molecular weight excluding hydrogens is 274 g/mol. The molecule has 2 rings (SSSR count). The Morgan fingerprint density at radius 1 is 1.50 bits per heavy atom. The molecule has 3 N–H and O–H groups in total. The smallest absolute Gasteiger partial charge is 0.238 e. The number of nitrogens with one attached hydrogen (secondary N) is 1. The molecule has 1 aromatic rings. The first-order valence-electron chi connectivity index (χ1n) is 7.10. The predicted molar refractivity (Wildman–Crippen MR) is 83.1 cm³/mol. The van der Waals surface area contributed by atoms with Crippen LogP contribution in [0.15, 0.2) is 18.2 Å². The number of rotatable bonds is 4. The van der Waals surface area contributed by atoms with Gasteiger partial charge in [-0.05, 0) is 44.0 Å². The average Bonchev–Trinajstić information content (AvgIpc) is 2.42. The van der Waals surface area contributed by atoms with Gasteiger partial charge in [-0.25, -0.2) is 0 Å². The Balaban J connectivity index is 1.94. The zero-order valence-electron chi connectivity index (χ0n) is 11.9. The minimum Gasteiger partial charge on any atom is -0.329 e. The first-order chi connectivity index (χ1) is 9.60. The molecule has 1 heterocycles. The molecule has 1 atom stereocenters. The minimum absolute atomic E-state index is 0.0314. The number of amides is 1. The number of halogens is 1. The fraction of sp³-hybridized carbons (Fsp3) is 0.533.